The normalized spacial score (nSPS) is 17.9. The Balaban J connectivity index is 1.45. The highest BCUT2D eigenvalue weighted by molar-refractivity contribution is 5.17. The van der Waals surface area contributed by atoms with Crippen LogP contribution in [0.2, 0.25) is 0 Å². The zero-order valence-electron chi connectivity index (χ0n) is 21.0. The molecule has 2 aromatic heterocycles. The molecule has 0 spiro atoms. The third kappa shape index (κ3) is 6.66. The molecule has 1 aliphatic carbocycles. The SMILES string of the molecule is c1ccc(CN(Cc2ccccn2)C2CCCCC2N(Cc2ccccc2)Cc2ccccn2)cc1. The van der Waals surface area contributed by atoms with Gasteiger partial charge in [0.05, 0.1) is 11.4 Å². The van der Waals surface area contributed by atoms with Crippen molar-refractivity contribution in [3.8, 4) is 0 Å². The van der Waals surface area contributed by atoms with E-state index in [0.717, 1.165) is 37.6 Å². The lowest BCUT2D eigenvalue weighted by molar-refractivity contribution is 0.0284. The maximum absolute atomic E-state index is 4.70. The molecule has 1 fully saturated rings. The van der Waals surface area contributed by atoms with Crippen molar-refractivity contribution >= 4 is 0 Å². The molecule has 1 aliphatic rings. The molecule has 2 unspecified atom stereocenters. The fourth-order valence-corrected chi connectivity index (χ4v) is 5.56. The number of nitrogens with zero attached hydrogens (tertiary/aromatic N) is 4. The van der Waals surface area contributed by atoms with Gasteiger partial charge in [-0.25, -0.2) is 0 Å². The minimum atomic E-state index is 0.452. The molecule has 2 aromatic carbocycles. The van der Waals surface area contributed by atoms with Crippen molar-refractivity contribution in [2.45, 2.75) is 63.9 Å². The number of aromatic nitrogens is 2. The molecule has 0 bridgehead atoms. The van der Waals surface area contributed by atoms with Gasteiger partial charge in [0, 0.05) is 50.7 Å². The first-order chi connectivity index (χ1) is 17.8. The molecular formula is C32H36N4. The minimum absolute atomic E-state index is 0.452. The van der Waals surface area contributed by atoms with Crippen LogP contribution in [0.4, 0.5) is 0 Å². The Kier molecular flexibility index (Phi) is 8.50. The lowest BCUT2D eigenvalue weighted by Crippen LogP contribution is -2.52. The van der Waals surface area contributed by atoms with E-state index in [1.54, 1.807) is 0 Å². The number of hydrogen-bond acceptors (Lipinski definition) is 4. The smallest absolute Gasteiger partial charge is 0.0544 e. The molecule has 5 rings (SSSR count). The van der Waals surface area contributed by atoms with Crippen molar-refractivity contribution < 1.29 is 0 Å². The summed E-state index contributed by atoms with van der Waals surface area (Å²) in [4.78, 5) is 14.7. The second-order valence-corrected chi connectivity index (χ2v) is 9.84. The van der Waals surface area contributed by atoms with Crippen molar-refractivity contribution in [2.75, 3.05) is 0 Å². The van der Waals surface area contributed by atoms with Gasteiger partial charge < -0.3 is 0 Å². The standard InChI is InChI=1S/C32H36N4/c1-3-13-27(14-4-1)23-35(25-29-17-9-11-21-33-29)31-19-7-8-20-32(31)36(24-28-15-5-2-6-16-28)26-30-18-10-12-22-34-30/h1-6,9-18,21-22,31-32H,7-8,19-20,23-26H2. The average Bonchev–Trinajstić information content (AvgIpc) is 2.95. The molecule has 36 heavy (non-hydrogen) atoms. The Morgan fingerprint density at radius 1 is 0.500 bits per heavy atom. The molecule has 0 N–H and O–H groups in total. The summed E-state index contributed by atoms with van der Waals surface area (Å²) in [6.07, 6.45) is 8.79. The first kappa shape index (κ1) is 24.4. The highest BCUT2D eigenvalue weighted by Crippen LogP contribution is 2.31. The van der Waals surface area contributed by atoms with Crippen LogP contribution in [0, 0.1) is 0 Å². The third-order valence-corrected chi connectivity index (χ3v) is 7.27. The van der Waals surface area contributed by atoms with Crippen LogP contribution in [0.15, 0.2) is 109 Å². The summed E-state index contributed by atoms with van der Waals surface area (Å²) in [6, 6.07) is 35.2. The first-order valence-corrected chi connectivity index (χ1v) is 13.2. The molecule has 2 atom stereocenters. The van der Waals surface area contributed by atoms with Gasteiger partial charge in [0.15, 0.2) is 0 Å². The van der Waals surface area contributed by atoms with Crippen LogP contribution in [0.3, 0.4) is 0 Å². The Bertz CT molecular complexity index is 974. The fourth-order valence-electron chi connectivity index (χ4n) is 5.56. The molecular weight excluding hydrogens is 440 g/mol. The van der Waals surface area contributed by atoms with Gasteiger partial charge in [0.25, 0.3) is 0 Å². The van der Waals surface area contributed by atoms with Gasteiger partial charge in [-0.2, -0.15) is 0 Å². The van der Waals surface area contributed by atoms with E-state index in [0.29, 0.717) is 12.1 Å². The van der Waals surface area contributed by atoms with Gasteiger partial charge in [0.2, 0.25) is 0 Å². The molecule has 4 heteroatoms. The Labute approximate surface area is 215 Å². The van der Waals surface area contributed by atoms with Crippen molar-refractivity contribution in [3.63, 3.8) is 0 Å². The molecule has 4 nitrogen and oxygen atoms in total. The van der Waals surface area contributed by atoms with E-state index in [4.69, 9.17) is 9.97 Å². The fraction of sp³-hybridized carbons (Fsp3) is 0.312. The zero-order valence-corrected chi connectivity index (χ0v) is 21.0. The largest absolute Gasteiger partial charge is 0.289 e. The molecule has 2 heterocycles. The van der Waals surface area contributed by atoms with Gasteiger partial charge in [-0.05, 0) is 48.2 Å². The van der Waals surface area contributed by atoms with Gasteiger partial charge in [0.1, 0.15) is 0 Å². The summed E-state index contributed by atoms with van der Waals surface area (Å²) in [6.45, 7) is 3.59. The number of rotatable bonds is 10. The predicted molar refractivity (Wildman–Crippen MR) is 146 cm³/mol. The Morgan fingerprint density at radius 2 is 0.917 bits per heavy atom. The quantitative estimate of drug-likeness (QED) is 0.262. The van der Waals surface area contributed by atoms with Crippen LogP contribution < -0.4 is 0 Å². The lowest BCUT2D eigenvalue weighted by atomic mass is 9.87. The molecule has 0 saturated heterocycles. The highest BCUT2D eigenvalue weighted by atomic mass is 15.3. The third-order valence-electron chi connectivity index (χ3n) is 7.27. The number of pyridine rings is 2. The minimum Gasteiger partial charge on any atom is -0.289 e. The summed E-state index contributed by atoms with van der Waals surface area (Å²) in [5.41, 5.74) is 4.99. The van der Waals surface area contributed by atoms with Gasteiger partial charge in [-0.15, -0.1) is 0 Å². The van der Waals surface area contributed by atoms with Gasteiger partial charge >= 0.3 is 0 Å². The van der Waals surface area contributed by atoms with E-state index in [2.05, 4.69) is 94.7 Å². The second-order valence-electron chi connectivity index (χ2n) is 9.84. The lowest BCUT2D eigenvalue weighted by Gasteiger charge is -2.45. The van der Waals surface area contributed by atoms with Gasteiger partial charge in [-0.3, -0.25) is 19.8 Å². The summed E-state index contributed by atoms with van der Waals surface area (Å²) in [5.74, 6) is 0. The molecule has 4 aromatic rings. The van der Waals surface area contributed by atoms with Crippen LogP contribution in [-0.4, -0.2) is 31.9 Å². The Hall–Kier alpha value is -3.34. The highest BCUT2D eigenvalue weighted by Gasteiger charge is 2.34. The van der Waals surface area contributed by atoms with Gasteiger partial charge in [-0.1, -0.05) is 85.6 Å². The van der Waals surface area contributed by atoms with E-state index < -0.39 is 0 Å². The van der Waals surface area contributed by atoms with Crippen molar-refractivity contribution in [2.24, 2.45) is 0 Å². The second kappa shape index (κ2) is 12.6. The van der Waals surface area contributed by atoms with Crippen LogP contribution in [-0.2, 0) is 26.2 Å². The number of benzene rings is 2. The van der Waals surface area contributed by atoms with E-state index in [9.17, 15) is 0 Å². The van der Waals surface area contributed by atoms with Crippen LogP contribution >= 0.6 is 0 Å². The summed E-state index contributed by atoms with van der Waals surface area (Å²) in [5, 5.41) is 0. The van der Waals surface area contributed by atoms with Crippen LogP contribution in [0.1, 0.15) is 48.2 Å². The summed E-state index contributed by atoms with van der Waals surface area (Å²) in [7, 11) is 0. The summed E-state index contributed by atoms with van der Waals surface area (Å²) >= 11 is 0. The topological polar surface area (TPSA) is 32.3 Å². The molecule has 184 valence electrons. The zero-order chi connectivity index (χ0) is 24.4. The monoisotopic (exact) mass is 476 g/mol. The van der Waals surface area contributed by atoms with Crippen LogP contribution in [0.25, 0.3) is 0 Å². The molecule has 0 radical (unpaired) electrons. The van der Waals surface area contributed by atoms with E-state index >= 15 is 0 Å². The predicted octanol–water partition coefficient (Wildman–Crippen LogP) is 6.49. The maximum Gasteiger partial charge on any atom is 0.0544 e. The Morgan fingerprint density at radius 3 is 1.31 bits per heavy atom. The van der Waals surface area contributed by atoms with Crippen molar-refractivity contribution in [3.05, 3.63) is 132 Å². The summed E-state index contributed by atoms with van der Waals surface area (Å²) < 4.78 is 0. The molecule has 1 saturated carbocycles. The van der Waals surface area contributed by atoms with E-state index in [1.165, 1.54) is 36.8 Å². The van der Waals surface area contributed by atoms with E-state index in [1.807, 2.05) is 24.5 Å². The van der Waals surface area contributed by atoms with E-state index in [-0.39, 0.29) is 0 Å². The maximum atomic E-state index is 4.70. The number of hydrogen-bond donors (Lipinski definition) is 0. The molecule has 0 amide bonds. The van der Waals surface area contributed by atoms with Crippen LogP contribution in [0.5, 0.6) is 0 Å². The average molecular weight is 477 g/mol. The molecule has 0 aliphatic heterocycles. The first-order valence-electron chi connectivity index (χ1n) is 13.2. The van der Waals surface area contributed by atoms with Crippen molar-refractivity contribution in [1.82, 2.24) is 19.8 Å². The van der Waals surface area contributed by atoms with Crippen molar-refractivity contribution in [1.29, 1.82) is 0 Å².